The molecule has 3 heteroatoms. The molecule has 0 heterocycles. The number of nitrogens with zero attached hydrogens (tertiary/aromatic N) is 1. The summed E-state index contributed by atoms with van der Waals surface area (Å²) < 4.78 is 5.43. The van der Waals surface area contributed by atoms with E-state index in [2.05, 4.69) is 38.0 Å². The molecule has 0 amide bonds. The third-order valence-corrected chi connectivity index (χ3v) is 2.22. The largest absolute Gasteiger partial charge is 0.381 e. The van der Waals surface area contributed by atoms with Crippen molar-refractivity contribution in [3.63, 3.8) is 0 Å². The zero-order valence-corrected chi connectivity index (χ0v) is 10.9. The summed E-state index contributed by atoms with van der Waals surface area (Å²) in [6, 6.07) is 0.589. The second-order valence-electron chi connectivity index (χ2n) is 4.38. The number of likely N-dealkylation sites (N-methyl/N-ethyl adjacent to an activating group) is 1. The van der Waals surface area contributed by atoms with Gasteiger partial charge in [-0.2, -0.15) is 0 Å². The molecule has 0 aromatic heterocycles. The van der Waals surface area contributed by atoms with Crippen LogP contribution in [-0.2, 0) is 4.74 Å². The molecule has 0 aliphatic carbocycles. The monoisotopic (exact) mass is 216 g/mol. The lowest BCUT2D eigenvalue weighted by atomic mass is 10.3. The van der Waals surface area contributed by atoms with Gasteiger partial charge in [0.05, 0.1) is 0 Å². The van der Waals surface area contributed by atoms with E-state index in [1.807, 2.05) is 0 Å². The highest BCUT2D eigenvalue weighted by Crippen LogP contribution is 1.89. The van der Waals surface area contributed by atoms with Gasteiger partial charge >= 0.3 is 0 Å². The summed E-state index contributed by atoms with van der Waals surface area (Å²) in [5.74, 6) is 0. The van der Waals surface area contributed by atoms with Crippen molar-refractivity contribution < 1.29 is 4.74 Å². The quantitative estimate of drug-likeness (QED) is 0.563. The maximum Gasteiger partial charge on any atom is 0.0478 e. The lowest BCUT2D eigenvalue weighted by Gasteiger charge is -2.17. The molecule has 0 bridgehead atoms. The van der Waals surface area contributed by atoms with Crippen LogP contribution in [0.2, 0.25) is 0 Å². The Labute approximate surface area is 95.2 Å². The van der Waals surface area contributed by atoms with Crippen LogP contribution in [0.15, 0.2) is 0 Å². The second kappa shape index (κ2) is 10.4. The topological polar surface area (TPSA) is 24.5 Å². The van der Waals surface area contributed by atoms with Gasteiger partial charge in [0.15, 0.2) is 0 Å². The first-order valence-corrected chi connectivity index (χ1v) is 6.16. The highest BCUT2D eigenvalue weighted by atomic mass is 16.5. The fraction of sp³-hybridized carbons (Fsp3) is 1.00. The smallest absolute Gasteiger partial charge is 0.0478 e. The Morgan fingerprint density at radius 1 is 1.20 bits per heavy atom. The van der Waals surface area contributed by atoms with Crippen molar-refractivity contribution in [3.8, 4) is 0 Å². The lowest BCUT2D eigenvalue weighted by molar-refractivity contribution is 0.124. The molecule has 0 saturated carbocycles. The van der Waals surface area contributed by atoms with Gasteiger partial charge in [-0.1, -0.05) is 20.8 Å². The van der Waals surface area contributed by atoms with Crippen LogP contribution >= 0.6 is 0 Å². The molecule has 0 aliphatic heterocycles. The first-order valence-electron chi connectivity index (χ1n) is 6.16. The maximum atomic E-state index is 5.43. The first kappa shape index (κ1) is 14.9. The number of hydrogen-bond donors (Lipinski definition) is 1. The summed E-state index contributed by atoms with van der Waals surface area (Å²) in [5, 5.41) is 3.41. The zero-order chi connectivity index (χ0) is 11.5. The summed E-state index contributed by atoms with van der Waals surface area (Å²) in [6.45, 7) is 11.6. The Hall–Kier alpha value is -0.120. The van der Waals surface area contributed by atoms with E-state index >= 15 is 0 Å². The van der Waals surface area contributed by atoms with Gasteiger partial charge in [0.2, 0.25) is 0 Å². The predicted octanol–water partition coefficient (Wildman–Crippen LogP) is 1.73. The number of ether oxygens (including phenoxy) is 1. The zero-order valence-electron chi connectivity index (χ0n) is 10.9. The van der Waals surface area contributed by atoms with Crippen LogP contribution in [0.1, 0.15) is 33.6 Å². The molecule has 0 spiro atoms. The van der Waals surface area contributed by atoms with Crippen molar-refractivity contribution in [2.75, 3.05) is 39.9 Å². The normalized spacial score (nSPS) is 11.6. The molecule has 3 nitrogen and oxygen atoms in total. The van der Waals surface area contributed by atoms with Crippen LogP contribution in [0.3, 0.4) is 0 Å². The Morgan fingerprint density at radius 2 is 1.93 bits per heavy atom. The van der Waals surface area contributed by atoms with Gasteiger partial charge in [-0.15, -0.1) is 0 Å². The minimum atomic E-state index is 0.589. The molecule has 0 radical (unpaired) electrons. The van der Waals surface area contributed by atoms with Crippen molar-refractivity contribution >= 4 is 0 Å². The Kier molecular flexibility index (Phi) is 10.3. The number of nitrogens with one attached hydrogen (secondary N) is 1. The molecule has 92 valence electrons. The van der Waals surface area contributed by atoms with E-state index in [1.54, 1.807) is 0 Å². The van der Waals surface area contributed by atoms with Gasteiger partial charge in [0.1, 0.15) is 0 Å². The molecule has 0 atom stereocenters. The van der Waals surface area contributed by atoms with Crippen molar-refractivity contribution in [3.05, 3.63) is 0 Å². The van der Waals surface area contributed by atoms with E-state index in [0.29, 0.717) is 6.04 Å². The molecule has 0 aromatic carbocycles. The molecule has 15 heavy (non-hydrogen) atoms. The molecular weight excluding hydrogens is 188 g/mol. The highest BCUT2D eigenvalue weighted by molar-refractivity contribution is 4.57. The van der Waals surface area contributed by atoms with Crippen molar-refractivity contribution in [2.24, 2.45) is 0 Å². The van der Waals surface area contributed by atoms with Gasteiger partial charge in [0.25, 0.3) is 0 Å². The first-order chi connectivity index (χ1) is 7.16. The summed E-state index contributed by atoms with van der Waals surface area (Å²) in [4.78, 5) is 2.35. The minimum Gasteiger partial charge on any atom is -0.381 e. The molecule has 1 N–H and O–H groups in total. The summed E-state index contributed by atoms with van der Waals surface area (Å²) in [7, 11) is 2.17. The lowest BCUT2D eigenvalue weighted by Crippen LogP contribution is -2.33. The van der Waals surface area contributed by atoms with Gasteiger partial charge in [-0.05, 0) is 19.9 Å². The SMILES string of the molecule is CCCOCCCN(C)CCNC(C)C. The van der Waals surface area contributed by atoms with Gasteiger partial charge in [-0.3, -0.25) is 0 Å². The van der Waals surface area contributed by atoms with Gasteiger partial charge in [0, 0.05) is 38.9 Å². The van der Waals surface area contributed by atoms with Gasteiger partial charge in [-0.25, -0.2) is 0 Å². The fourth-order valence-corrected chi connectivity index (χ4v) is 1.34. The standard InChI is InChI=1S/C12H28N2O/c1-5-10-15-11-6-8-14(4)9-7-13-12(2)3/h12-13H,5-11H2,1-4H3. The summed E-state index contributed by atoms with van der Waals surface area (Å²) in [6.07, 6.45) is 2.26. The molecule has 0 unspecified atom stereocenters. The highest BCUT2D eigenvalue weighted by Gasteiger charge is 1.98. The van der Waals surface area contributed by atoms with Crippen LogP contribution < -0.4 is 5.32 Å². The Balaban J connectivity index is 3.15. The third-order valence-electron chi connectivity index (χ3n) is 2.22. The predicted molar refractivity (Wildman–Crippen MR) is 66.4 cm³/mol. The van der Waals surface area contributed by atoms with Crippen molar-refractivity contribution in [1.29, 1.82) is 0 Å². The fourth-order valence-electron chi connectivity index (χ4n) is 1.34. The van der Waals surface area contributed by atoms with Crippen molar-refractivity contribution in [1.82, 2.24) is 10.2 Å². The third kappa shape index (κ3) is 11.8. The van der Waals surface area contributed by atoms with Gasteiger partial charge < -0.3 is 15.0 Å². The minimum absolute atomic E-state index is 0.589. The molecule has 0 aromatic rings. The molecule has 0 fully saturated rings. The van der Waals surface area contributed by atoms with Crippen LogP contribution in [0.25, 0.3) is 0 Å². The Morgan fingerprint density at radius 3 is 2.53 bits per heavy atom. The summed E-state index contributed by atoms with van der Waals surface area (Å²) >= 11 is 0. The average molecular weight is 216 g/mol. The Bertz CT molecular complexity index is 129. The van der Waals surface area contributed by atoms with Crippen molar-refractivity contribution in [2.45, 2.75) is 39.7 Å². The second-order valence-corrected chi connectivity index (χ2v) is 4.38. The van der Waals surface area contributed by atoms with E-state index in [9.17, 15) is 0 Å². The van der Waals surface area contributed by atoms with Crippen LogP contribution in [0, 0.1) is 0 Å². The van der Waals surface area contributed by atoms with Crippen LogP contribution in [0.5, 0.6) is 0 Å². The van der Waals surface area contributed by atoms with E-state index in [0.717, 1.165) is 45.7 Å². The maximum absolute atomic E-state index is 5.43. The molecule has 0 saturated heterocycles. The van der Waals surface area contributed by atoms with Crippen LogP contribution in [-0.4, -0.2) is 50.8 Å². The van der Waals surface area contributed by atoms with E-state index in [1.165, 1.54) is 0 Å². The van der Waals surface area contributed by atoms with Crippen LogP contribution in [0.4, 0.5) is 0 Å². The molecule has 0 aliphatic rings. The number of rotatable bonds is 10. The van der Waals surface area contributed by atoms with E-state index in [4.69, 9.17) is 4.74 Å². The number of hydrogen-bond acceptors (Lipinski definition) is 3. The molecular formula is C12H28N2O. The summed E-state index contributed by atoms with van der Waals surface area (Å²) in [5.41, 5.74) is 0. The molecule has 0 rings (SSSR count). The van der Waals surface area contributed by atoms with E-state index < -0.39 is 0 Å². The van der Waals surface area contributed by atoms with E-state index in [-0.39, 0.29) is 0 Å². The average Bonchev–Trinajstić information content (AvgIpc) is 2.17.